The largest absolute Gasteiger partial charge is 0.806 e. The standard InChI is InChI=1S/C28H26ClN3O3.Al/c1-5-9-20-23(27(35)32(30-20)17-10-7-6-8-11-17)24-25(33)18(26(24)34)15-22-28(2,3)19-14-16(29)12-13-21(19)31(22)4;/h6-8,10-15,33H,5,9H2,1-4H3;/q;+1/p-1. The number of hydrogen-bond donors (Lipinski definition) is 0. The van der Waals surface area contributed by atoms with E-state index in [0.717, 1.165) is 46.7 Å². The van der Waals surface area contributed by atoms with Crippen molar-refractivity contribution >= 4 is 50.2 Å². The Balaban J connectivity index is 1.49. The summed E-state index contributed by atoms with van der Waals surface area (Å²) in [5.41, 5.74) is 6.60. The SMILES string of the molecule is CCCc1nn(-c2ccccc2)c2c1C1=C([O][Al-][O]2)/C(=C/C2=[N+](C)c3ccc(Cl)cc3C2(C)C)C1=O. The zero-order chi connectivity index (χ0) is 25.2. The number of benzene rings is 2. The Morgan fingerprint density at radius 3 is 2.69 bits per heavy atom. The van der Waals surface area contributed by atoms with Crippen molar-refractivity contribution in [2.45, 2.75) is 39.0 Å². The smallest absolute Gasteiger partial charge is 0.346 e. The van der Waals surface area contributed by atoms with Gasteiger partial charge in [-0.25, -0.2) is 4.68 Å². The first-order valence-corrected chi connectivity index (χ1v) is 13.4. The van der Waals surface area contributed by atoms with Crippen LogP contribution in [0, 0.1) is 0 Å². The maximum absolute atomic E-state index is 13.7. The fourth-order valence-corrected chi connectivity index (χ4v) is 6.25. The number of aryl methyl sites for hydroxylation is 1. The lowest BCUT2D eigenvalue weighted by molar-refractivity contribution is -0.401. The second kappa shape index (κ2) is 8.48. The minimum Gasteiger partial charge on any atom is -0.806 e. The molecule has 1 aliphatic carbocycles. The molecule has 2 aromatic carbocycles. The number of fused-ring (bicyclic) bond motifs is 3. The van der Waals surface area contributed by atoms with Gasteiger partial charge in [-0.15, -0.1) is 0 Å². The van der Waals surface area contributed by atoms with Crippen molar-refractivity contribution in [2.24, 2.45) is 0 Å². The molecule has 0 unspecified atom stereocenters. The van der Waals surface area contributed by atoms with E-state index >= 15 is 0 Å². The van der Waals surface area contributed by atoms with Crippen LogP contribution in [0.15, 0.2) is 65.9 Å². The molecule has 36 heavy (non-hydrogen) atoms. The average molecular weight is 514 g/mol. The van der Waals surface area contributed by atoms with Crippen LogP contribution in [0.2, 0.25) is 5.02 Å². The molecule has 0 spiro atoms. The molecule has 2 radical (unpaired) electrons. The summed E-state index contributed by atoms with van der Waals surface area (Å²) >= 11 is 5.46. The summed E-state index contributed by atoms with van der Waals surface area (Å²) in [7, 11) is 2.02. The first-order chi connectivity index (χ1) is 17.3. The number of Topliss-reactive ketones (excluding diaryl/α,β-unsaturated/α-hetero) is 1. The molecule has 8 heteroatoms. The van der Waals surface area contributed by atoms with Crippen LogP contribution < -0.4 is 3.79 Å². The highest BCUT2D eigenvalue weighted by molar-refractivity contribution is 6.42. The summed E-state index contributed by atoms with van der Waals surface area (Å²) < 4.78 is 16.2. The highest BCUT2D eigenvalue weighted by Crippen LogP contribution is 2.47. The van der Waals surface area contributed by atoms with Gasteiger partial charge in [0.25, 0.3) is 0 Å². The van der Waals surface area contributed by atoms with Crippen molar-refractivity contribution < 1.29 is 16.9 Å². The summed E-state index contributed by atoms with van der Waals surface area (Å²) in [4.78, 5) is 13.7. The van der Waals surface area contributed by atoms with Crippen molar-refractivity contribution in [3.05, 3.63) is 87.8 Å². The number of para-hydroxylation sites is 1. The Bertz CT molecular complexity index is 1530. The zero-order valence-corrected chi connectivity index (χ0v) is 22.5. The van der Waals surface area contributed by atoms with Gasteiger partial charge in [0.05, 0.1) is 39.3 Å². The molecule has 0 fully saturated rings. The normalized spacial score (nSPS) is 18.8. The van der Waals surface area contributed by atoms with Gasteiger partial charge in [0.1, 0.15) is 7.05 Å². The number of allylic oxidation sites excluding steroid dienone is 3. The molecule has 180 valence electrons. The molecule has 6 rings (SSSR count). The van der Waals surface area contributed by atoms with E-state index in [0.29, 0.717) is 27.8 Å². The second-order valence-corrected chi connectivity index (χ2v) is 10.9. The number of ketones is 1. The molecule has 0 N–H and O–H groups in total. The van der Waals surface area contributed by atoms with Gasteiger partial charge in [-0.3, -0.25) is 4.79 Å². The first-order valence-electron chi connectivity index (χ1n) is 12.1. The number of aromatic nitrogens is 2. The maximum atomic E-state index is 13.7. The van der Waals surface area contributed by atoms with E-state index in [2.05, 4.69) is 25.3 Å². The zero-order valence-electron chi connectivity index (χ0n) is 20.6. The third kappa shape index (κ3) is 3.34. The lowest BCUT2D eigenvalue weighted by atomic mass is 9.77. The van der Waals surface area contributed by atoms with E-state index in [9.17, 15) is 4.79 Å². The monoisotopic (exact) mass is 513 g/mol. The quantitative estimate of drug-likeness (QED) is 0.268. The van der Waals surface area contributed by atoms with E-state index in [1.54, 1.807) is 4.68 Å². The van der Waals surface area contributed by atoms with Crippen molar-refractivity contribution in [1.82, 2.24) is 9.78 Å². The van der Waals surface area contributed by atoms with E-state index in [1.165, 1.54) is 0 Å². The number of carbonyl (C=O) groups excluding carboxylic acids is 1. The Labute approximate surface area is 221 Å². The Morgan fingerprint density at radius 2 is 1.94 bits per heavy atom. The van der Waals surface area contributed by atoms with Gasteiger partial charge in [0, 0.05) is 22.7 Å². The number of hydrogen-bond acceptors (Lipinski definition) is 4. The summed E-state index contributed by atoms with van der Waals surface area (Å²) in [6, 6.07) is 15.8. The van der Waals surface area contributed by atoms with Gasteiger partial charge in [-0.1, -0.05) is 43.1 Å². The van der Waals surface area contributed by atoms with Crippen LogP contribution in [-0.2, 0) is 20.4 Å². The van der Waals surface area contributed by atoms with Gasteiger partial charge in [0.15, 0.2) is 11.6 Å². The molecule has 6 nitrogen and oxygen atoms in total. The van der Waals surface area contributed by atoms with Crippen molar-refractivity contribution in [2.75, 3.05) is 7.05 Å². The van der Waals surface area contributed by atoms with Crippen LogP contribution in [0.3, 0.4) is 0 Å². The third-order valence-corrected chi connectivity index (χ3v) is 8.08. The van der Waals surface area contributed by atoms with Crippen LogP contribution in [0.25, 0.3) is 11.3 Å². The molecular formula is C28H25AlClN3O3. The minimum atomic E-state index is -0.854. The van der Waals surface area contributed by atoms with Crippen molar-refractivity contribution in [1.29, 1.82) is 0 Å². The number of nitrogens with zero attached hydrogens (tertiary/aromatic N) is 3. The van der Waals surface area contributed by atoms with Crippen LogP contribution in [0.5, 0.6) is 5.88 Å². The van der Waals surface area contributed by atoms with E-state index < -0.39 is 15.9 Å². The van der Waals surface area contributed by atoms with Gasteiger partial charge < -0.3 is 7.58 Å². The summed E-state index contributed by atoms with van der Waals surface area (Å²) in [6.07, 6.45) is 3.62. The molecule has 0 amide bonds. The molecule has 2 aliphatic heterocycles. The number of rotatable bonds is 4. The molecule has 0 atom stereocenters. The third-order valence-electron chi connectivity index (χ3n) is 7.20. The maximum Gasteiger partial charge on any atom is 0.346 e. The van der Waals surface area contributed by atoms with E-state index in [1.807, 2.05) is 61.7 Å². The highest BCUT2D eigenvalue weighted by Gasteiger charge is 2.46. The lowest BCUT2D eigenvalue weighted by Crippen LogP contribution is -2.30. The molecule has 0 saturated carbocycles. The molecule has 0 bridgehead atoms. The molecule has 3 aliphatic rings. The van der Waals surface area contributed by atoms with Gasteiger partial charge in [-0.05, 0) is 44.5 Å². The number of carbonyl (C=O) groups is 1. The van der Waals surface area contributed by atoms with Crippen LogP contribution >= 0.6 is 11.6 Å². The highest BCUT2D eigenvalue weighted by atomic mass is 35.5. The molecular weight excluding hydrogens is 489 g/mol. The van der Waals surface area contributed by atoms with E-state index in [-0.39, 0.29) is 11.2 Å². The molecule has 0 saturated heterocycles. The van der Waals surface area contributed by atoms with Crippen LogP contribution in [0.1, 0.15) is 44.0 Å². The summed E-state index contributed by atoms with van der Waals surface area (Å²) in [5.74, 6) is 1.17. The lowest BCUT2D eigenvalue weighted by Gasteiger charge is -2.31. The van der Waals surface area contributed by atoms with Crippen molar-refractivity contribution in [3.63, 3.8) is 0 Å². The molecule has 1 aromatic heterocycles. The topological polar surface area (TPSA) is 56.4 Å². The van der Waals surface area contributed by atoms with Gasteiger partial charge in [-0.2, -0.15) is 9.67 Å². The molecule has 3 heterocycles. The van der Waals surface area contributed by atoms with Crippen LogP contribution in [-0.4, -0.2) is 48.8 Å². The predicted molar refractivity (Wildman–Crippen MR) is 140 cm³/mol. The molecule has 3 aromatic rings. The number of halogens is 1. The van der Waals surface area contributed by atoms with Gasteiger partial charge >= 0.3 is 15.9 Å². The Hall–Kier alpha value is -3.11. The predicted octanol–water partition coefficient (Wildman–Crippen LogP) is 5.35. The van der Waals surface area contributed by atoms with E-state index in [4.69, 9.17) is 24.3 Å². The Kier molecular flexibility index (Phi) is 5.49. The Morgan fingerprint density at radius 1 is 1.17 bits per heavy atom. The second-order valence-electron chi connectivity index (χ2n) is 9.78. The average Bonchev–Trinajstić information content (AvgIpc) is 3.21. The summed E-state index contributed by atoms with van der Waals surface area (Å²) in [6.45, 7) is 6.41. The fourth-order valence-electron chi connectivity index (χ4n) is 5.38. The van der Waals surface area contributed by atoms with Crippen LogP contribution in [0.4, 0.5) is 5.69 Å². The first kappa shape index (κ1) is 23.3. The van der Waals surface area contributed by atoms with Gasteiger partial charge in [0.2, 0.25) is 11.5 Å². The fraction of sp³-hybridized carbons (Fsp3) is 0.250. The van der Waals surface area contributed by atoms with Crippen molar-refractivity contribution in [3.8, 4) is 11.6 Å². The minimum absolute atomic E-state index is 0.0354. The summed E-state index contributed by atoms with van der Waals surface area (Å²) in [5, 5.41) is 5.57.